The van der Waals surface area contributed by atoms with Crippen LogP contribution in [0, 0.1) is 0 Å². The Morgan fingerprint density at radius 2 is 1.57 bits per heavy atom. The van der Waals surface area contributed by atoms with Gasteiger partial charge in [-0.25, -0.2) is 4.90 Å². The number of para-hydroxylation sites is 2. The van der Waals surface area contributed by atoms with Crippen LogP contribution in [0.5, 0.6) is 0 Å². The van der Waals surface area contributed by atoms with Crippen molar-refractivity contribution >= 4 is 23.2 Å². The smallest absolute Gasteiger partial charge is 0.251 e. The van der Waals surface area contributed by atoms with Gasteiger partial charge in [0.05, 0.1) is 18.2 Å². The lowest BCUT2D eigenvalue weighted by molar-refractivity contribution is -0.121. The number of hydrogen-bond donors (Lipinski definition) is 2. The third-order valence-electron chi connectivity index (χ3n) is 3.78. The highest BCUT2D eigenvalue weighted by atomic mass is 16.2. The summed E-state index contributed by atoms with van der Waals surface area (Å²) in [5.74, 6) is -0.337. The summed E-state index contributed by atoms with van der Waals surface area (Å²) in [6.07, 6.45) is 0.207. The number of carbonyl (C=O) groups is 2. The number of carbonyl (C=O) groups excluding carboxylic acids is 2. The van der Waals surface area contributed by atoms with Gasteiger partial charge in [-0.1, -0.05) is 36.4 Å². The number of amides is 2. The first-order chi connectivity index (χ1) is 11.3. The molecule has 1 saturated heterocycles. The van der Waals surface area contributed by atoms with Crippen molar-refractivity contribution in [2.75, 3.05) is 23.3 Å². The minimum absolute atomic E-state index is 0.158. The van der Waals surface area contributed by atoms with E-state index in [1.165, 1.54) is 4.90 Å². The average Bonchev–Trinajstić information content (AvgIpc) is 2.87. The van der Waals surface area contributed by atoms with Gasteiger partial charge in [0.15, 0.2) is 0 Å². The number of imide groups is 1. The number of nitrogens with one attached hydrogen (secondary N) is 2. The van der Waals surface area contributed by atoms with Crippen LogP contribution in [0.1, 0.15) is 6.42 Å². The zero-order valence-electron chi connectivity index (χ0n) is 12.7. The third kappa shape index (κ3) is 3.57. The maximum Gasteiger partial charge on any atom is 0.251 e. The first kappa shape index (κ1) is 15.2. The molecule has 118 valence electrons. The quantitative estimate of drug-likeness (QED) is 0.633. The van der Waals surface area contributed by atoms with E-state index in [2.05, 4.69) is 10.6 Å². The molecule has 1 fully saturated rings. The highest BCUT2D eigenvalue weighted by molar-refractivity contribution is 6.22. The van der Waals surface area contributed by atoms with E-state index in [0.29, 0.717) is 18.8 Å². The van der Waals surface area contributed by atoms with E-state index in [0.717, 1.165) is 5.69 Å². The van der Waals surface area contributed by atoms with Crippen molar-refractivity contribution in [1.82, 2.24) is 5.32 Å². The average molecular weight is 309 g/mol. The van der Waals surface area contributed by atoms with Gasteiger partial charge in [0.1, 0.15) is 0 Å². The topological polar surface area (TPSA) is 61.4 Å². The molecular formula is C18H19N3O2. The molecule has 1 aliphatic heterocycles. The Hall–Kier alpha value is -2.66. The largest absolute Gasteiger partial charge is 0.384 e. The normalized spacial score (nSPS) is 17.6. The molecule has 0 saturated carbocycles. The lowest BCUT2D eigenvalue weighted by atomic mass is 10.2. The number of anilines is 2. The van der Waals surface area contributed by atoms with Gasteiger partial charge in [0.25, 0.3) is 5.91 Å². The van der Waals surface area contributed by atoms with E-state index >= 15 is 0 Å². The zero-order valence-corrected chi connectivity index (χ0v) is 12.7. The van der Waals surface area contributed by atoms with Crippen LogP contribution in [0.15, 0.2) is 60.7 Å². The molecule has 1 heterocycles. The van der Waals surface area contributed by atoms with Crippen molar-refractivity contribution in [2.24, 2.45) is 0 Å². The minimum Gasteiger partial charge on any atom is -0.384 e. The van der Waals surface area contributed by atoms with Gasteiger partial charge in [0, 0.05) is 18.8 Å². The van der Waals surface area contributed by atoms with Gasteiger partial charge in [-0.05, 0) is 24.3 Å². The van der Waals surface area contributed by atoms with Crippen molar-refractivity contribution in [3.63, 3.8) is 0 Å². The van der Waals surface area contributed by atoms with Gasteiger partial charge < -0.3 is 10.6 Å². The highest BCUT2D eigenvalue weighted by Gasteiger charge is 2.38. The van der Waals surface area contributed by atoms with E-state index < -0.39 is 6.04 Å². The van der Waals surface area contributed by atoms with Crippen LogP contribution in [0.4, 0.5) is 11.4 Å². The monoisotopic (exact) mass is 309 g/mol. The number of benzene rings is 2. The lowest BCUT2D eigenvalue weighted by Gasteiger charge is -2.15. The van der Waals surface area contributed by atoms with Gasteiger partial charge in [0.2, 0.25) is 5.91 Å². The summed E-state index contributed by atoms with van der Waals surface area (Å²) in [5.41, 5.74) is 1.67. The van der Waals surface area contributed by atoms with Gasteiger partial charge >= 0.3 is 0 Å². The van der Waals surface area contributed by atoms with Crippen LogP contribution in [0.2, 0.25) is 0 Å². The second kappa shape index (κ2) is 7.07. The molecule has 0 aromatic heterocycles. The molecule has 1 unspecified atom stereocenters. The molecule has 0 aliphatic carbocycles. The molecule has 5 heteroatoms. The van der Waals surface area contributed by atoms with E-state index in [1.807, 2.05) is 48.5 Å². The molecule has 1 atom stereocenters. The lowest BCUT2D eigenvalue weighted by Crippen LogP contribution is -2.40. The summed E-state index contributed by atoms with van der Waals surface area (Å²) in [5, 5.41) is 6.42. The molecule has 0 bridgehead atoms. The van der Waals surface area contributed by atoms with Crippen molar-refractivity contribution in [2.45, 2.75) is 12.5 Å². The fourth-order valence-electron chi connectivity index (χ4n) is 2.65. The predicted molar refractivity (Wildman–Crippen MR) is 90.3 cm³/mol. The maximum atomic E-state index is 12.4. The summed E-state index contributed by atoms with van der Waals surface area (Å²) in [4.78, 5) is 25.8. The molecule has 0 radical (unpaired) electrons. The molecule has 23 heavy (non-hydrogen) atoms. The second-order valence-corrected chi connectivity index (χ2v) is 5.41. The van der Waals surface area contributed by atoms with Crippen LogP contribution < -0.4 is 15.5 Å². The highest BCUT2D eigenvalue weighted by Crippen LogP contribution is 2.22. The van der Waals surface area contributed by atoms with Crippen molar-refractivity contribution in [3.05, 3.63) is 60.7 Å². The minimum atomic E-state index is -0.444. The number of nitrogens with zero attached hydrogens (tertiary/aromatic N) is 1. The Balaban J connectivity index is 1.52. The number of hydrogen-bond acceptors (Lipinski definition) is 4. The standard InChI is InChI=1S/C18H19N3O2/c22-17-13-16(18(23)21(17)15-9-5-2-6-10-15)20-12-11-19-14-7-3-1-4-8-14/h1-10,16,19-20H,11-13H2. The zero-order chi connectivity index (χ0) is 16.1. The van der Waals surface area contributed by atoms with E-state index in [-0.39, 0.29) is 18.2 Å². The second-order valence-electron chi connectivity index (χ2n) is 5.41. The van der Waals surface area contributed by atoms with Crippen molar-refractivity contribution in [3.8, 4) is 0 Å². The Labute approximate surface area is 135 Å². The van der Waals surface area contributed by atoms with Crippen molar-refractivity contribution < 1.29 is 9.59 Å². The van der Waals surface area contributed by atoms with Crippen LogP contribution >= 0.6 is 0 Å². The first-order valence-corrected chi connectivity index (χ1v) is 7.70. The number of rotatable bonds is 6. The van der Waals surface area contributed by atoms with Gasteiger partial charge in [-0.15, -0.1) is 0 Å². The molecule has 1 aliphatic rings. The van der Waals surface area contributed by atoms with E-state index in [9.17, 15) is 9.59 Å². The molecule has 5 nitrogen and oxygen atoms in total. The summed E-state index contributed by atoms with van der Waals surface area (Å²) in [6, 6.07) is 18.5. The Morgan fingerprint density at radius 1 is 0.913 bits per heavy atom. The van der Waals surface area contributed by atoms with Crippen LogP contribution in [-0.4, -0.2) is 30.9 Å². The molecule has 0 spiro atoms. The SMILES string of the molecule is O=C1CC(NCCNc2ccccc2)C(=O)N1c1ccccc1. The maximum absolute atomic E-state index is 12.4. The summed E-state index contributed by atoms with van der Waals surface area (Å²) < 4.78 is 0. The van der Waals surface area contributed by atoms with E-state index in [4.69, 9.17) is 0 Å². The van der Waals surface area contributed by atoms with Crippen LogP contribution in [0.3, 0.4) is 0 Å². The molecule has 2 aromatic rings. The fraction of sp³-hybridized carbons (Fsp3) is 0.222. The summed E-state index contributed by atoms with van der Waals surface area (Å²) in [7, 11) is 0. The fourth-order valence-corrected chi connectivity index (χ4v) is 2.65. The van der Waals surface area contributed by atoms with Gasteiger partial charge in [-0.3, -0.25) is 9.59 Å². The van der Waals surface area contributed by atoms with Crippen molar-refractivity contribution in [1.29, 1.82) is 0 Å². The molecule has 2 N–H and O–H groups in total. The Bertz CT molecular complexity index is 673. The molecular weight excluding hydrogens is 290 g/mol. The van der Waals surface area contributed by atoms with Crippen LogP contribution in [-0.2, 0) is 9.59 Å². The molecule has 3 rings (SSSR count). The summed E-state index contributed by atoms with van der Waals surface area (Å²) >= 11 is 0. The predicted octanol–water partition coefficient (Wildman–Crippen LogP) is 2.02. The molecule has 2 aromatic carbocycles. The molecule has 2 amide bonds. The van der Waals surface area contributed by atoms with E-state index in [1.54, 1.807) is 12.1 Å². The first-order valence-electron chi connectivity index (χ1n) is 7.70. The Morgan fingerprint density at radius 3 is 2.26 bits per heavy atom. The summed E-state index contributed by atoms with van der Waals surface area (Å²) in [6.45, 7) is 1.30. The third-order valence-corrected chi connectivity index (χ3v) is 3.78. The van der Waals surface area contributed by atoms with Crippen LogP contribution in [0.25, 0.3) is 0 Å². The Kier molecular flexibility index (Phi) is 4.68. The van der Waals surface area contributed by atoms with Gasteiger partial charge in [-0.2, -0.15) is 0 Å².